The van der Waals surface area contributed by atoms with Crippen LogP contribution >= 0.6 is 22.9 Å². The maximum Gasteiger partial charge on any atom is 0.263 e. The first-order valence-electron chi connectivity index (χ1n) is 9.85. The third kappa shape index (κ3) is 5.36. The first-order valence-corrected chi connectivity index (χ1v) is 12.6. The maximum atomic E-state index is 12.5. The van der Waals surface area contributed by atoms with Gasteiger partial charge in [0.05, 0.1) is 16.1 Å². The Morgan fingerprint density at radius 3 is 2.58 bits per heavy atom. The molecular weight excluding hydrogens is 456 g/mol. The van der Waals surface area contributed by atoms with E-state index in [9.17, 15) is 8.42 Å². The third-order valence-corrected chi connectivity index (χ3v) is 7.62. The van der Waals surface area contributed by atoms with Crippen LogP contribution in [0, 0.1) is 0 Å². The number of nitrogens with zero attached hydrogens (tertiary/aromatic N) is 2. The highest BCUT2D eigenvalue weighted by Crippen LogP contribution is 2.31. The summed E-state index contributed by atoms with van der Waals surface area (Å²) >= 11 is 7.54. The van der Waals surface area contributed by atoms with Gasteiger partial charge in [0.2, 0.25) is 0 Å². The molecule has 0 spiro atoms. The van der Waals surface area contributed by atoms with Gasteiger partial charge in [0.1, 0.15) is 11.9 Å². The van der Waals surface area contributed by atoms with E-state index in [-0.39, 0.29) is 22.2 Å². The van der Waals surface area contributed by atoms with E-state index < -0.39 is 10.0 Å². The van der Waals surface area contributed by atoms with Crippen molar-refractivity contribution in [1.82, 2.24) is 9.88 Å². The summed E-state index contributed by atoms with van der Waals surface area (Å²) in [6.45, 7) is 1.62. The van der Waals surface area contributed by atoms with Crippen LogP contribution in [0.1, 0.15) is 24.6 Å². The van der Waals surface area contributed by atoms with Crippen LogP contribution in [0.25, 0.3) is 0 Å². The van der Waals surface area contributed by atoms with Gasteiger partial charge in [-0.25, -0.2) is 13.4 Å². The Balaban J connectivity index is 1.36. The van der Waals surface area contributed by atoms with Crippen molar-refractivity contribution < 1.29 is 13.2 Å². The lowest BCUT2D eigenvalue weighted by molar-refractivity contribution is 0.0765. The molecule has 1 atom stereocenters. The molecule has 0 aliphatic carbocycles. The molecule has 164 valence electrons. The summed E-state index contributed by atoms with van der Waals surface area (Å²) in [5.74, 6) is 0.473. The monoisotopic (exact) mass is 478 g/mol. The highest BCUT2D eigenvalue weighted by molar-refractivity contribution is 7.93. The summed E-state index contributed by atoms with van der Waals surface area (Å²) in [7, 11) is -3.76. The second-order valence-electron chi connectivity index (χ2n) is 7.24. The normalized spacial score (nSPS) is 16.7. The van der Waals surface area contributed by atoms with Gasteiger partial charge >= 0.3 is 0 Å². The van der Waals surface area contributed by atoms with Crippen LogP contribution < -0.4 is 15.2 Å². The number of hydrogen-bond donors (Lipinski definition) is 2. The zero-order valence-corrected chi connectivity index (χ0v) is 19.0. The molecule has 3 aromatic rings. The van der Waals surface area contributed by atoms with E-state index in [1.807, 2.05) is 30.3 Å². The van der Waals surface area contributed by atoms with E-state index in [2.05, 4.69) is 14.6 Å². The lowest BCUT2D eigenvalue weighted by atomic mass is 10.0. The second-order valence-corrected chi connectivity index (χ2v) is 10.2. The van der Waals surface area contributed by atoms with Crippen molar-refractivity contribution in [3.05, 3.63) is 70.7 Å². The van der Waals surface area contributed by atoms with Crippen LogP contribution in [-0.4, -0.2) is 37.5 Å². The zero-order chi connectivity index (χ0) is 21.8. The number of piperidine rings is 1. The second kappa shape index (κ2) is 9.54. The molecule has 2 heterocycles. The quantitative estimate of drug-likeness (QED) is 0.530. The minimum atomic E-state index is -3.76. The maximum absolute atomic E-state index is 12.5. The number of halogens is 1. The SMILES string of the molecule is N[C@@H](c1ccccc1)N1CCC(Oc2ccc(S(=O)(=O)Nc3nccs3)cc2Cl)CC1. The van der Waals surface area contributed by atoms with Crippen LogP contribution in [0.5, 0.6) is 5.75 Å². The predicted molar refractivity (Wildman–Crippen MR) is 123 cm³/mol. The molecule has 3 N–H and O–H groups in total. The standard InChI is InChI=1S/C21H23ClN4O3S2/c22-18-14-17(31(27,28)25-21-24-10-13-30-21)6-7-19(18)29-16-8-11-26(12-9-16)20(23)15-4-2-1-3-5-15/h1-7,10,13-14,16,20H,8-9,11-12,23H2,(H,24,25)/t20-/m1/s1. The minimum absolute atomic E-state index is 0.00683. The number of nitrogens with one attached hydrogen (secondary N) is 1. The average Bonchev–Trinajstić information content (AvgIpc) is 3.28. The molecule has 0 unspecified atom stereocenters. The van der Waals surface area contributed by atoms with Gasteiger partial charge in [-0.05, 0) is 36.6 Å². The predicted octanol–water partition coefficient (Wildman–Crippen LogP) is 4.10. The van der Waals surface area contributed by atoms with Gasteiger partial charge in [-0.3, -0.25) is 9.62 Å². The van der Waals surface area contributed by atoms with Crippen molar-refractivity contribution in [2.75, 3.05) is 17.8 Å². The molecular formula is C21H23ClN4O3S2. The molecule has 1 aliphatic rings. The van der Waals surface area contributed by atoms with Crippen LogP contribution in [0.2, 0.25) is 5.02 Å². The number of sulfonamides is 1. The van der Waals surface area contributed by atoms with E-state index in [1.165, 1.54) is 29.7 Å². The van der Waals surface area contributed by atoms with E-state index >= 15 is 0 Å². The number of anilines is 1. The topological polar surface area (TPSA) is 97.5 Å². The molecule has 2 aromatic carbocycles. The molecule has 0 radical (unpaired) electrons. The van der Waals surface area contributed by atoms with Crippen LogP contribution in [-0.2, 0) is 10.0 Å². The molecule has 1 aromatic heterocycles. The Hall–Kier alpha value is -2.17. The lowest BCUT2D eigenvalue weighted by Crippen LogP contribution is -2.43. The summed E-state index contributed by atoms with van der Waals surface area (Å²) in [6, 6.07) is 14.5. The highest BCUT2D eigenvalue weighted by Gasteiger charge is 2.26. The van der Waals surface area contributed by atoms with Gasteiger partial charge in [0.15, 0.2) is 5.13 Å². The molecule has 10 heteroatoms. The number of aromatic nitrogens is 1. The van der Waals surface area contributed by atoms with Crippen LogP contribution in [0.4, 0.5) is 5.13 Å². The van der Waals surface area contributed by atoms with Crippen molar-refractivity contribution in [1.29, 1.82) is 0 Å². The Labute approximate surface area is 190 Å². The smallest absolute Gasteiger partial charge is 0.263 e. The molecule has 0 amide bonds. The summed E-state index contributed by atoms with van der Waals surface area (Å²) in [4.78, 5) is 6.23. The molecule has 7 nitrogen and oxygen atoms in total. The molecule has 4 rings (SSSR count). The van der Waals surface area contributed by atoms with E-state index in [1.54, 1.807) is 11.4 Å². The fourth-order valence-corrected chi connectivity index (χ4v) is 5.61. The van der Waals surface area contributed by atoms with Gasteiger partial charge in [-0.1, -0.05) is 41.9 Å². The molecule has 0 saturated carbocycles. The van der Waals surface area contributed by atoms with Gasteiger partial charge in [-0.15, -0.1) is 11.3 Å². The fourth-order valence-electron chi connectivity index (χ4n) is 3.50. The van der Waals surface area contributed by atoms with Gasteiger partial charge < -0.3 is 10.5 Å². The van der Waals surface area contributed by atoms with Crippen molar-refractivity contribution in [2.24, 2.45) is 5.73 Å². The van der Waals surface area contributed by atoms with Crippen LogP contribution in [0.15, 0.2) is 65.0 Å². The van der Waals surface area contributed by atoms with Crippen molar-refractivity contribution >= 4 is 38.1 Å². The molecule has 31 heavy (non-hydrogen) atoms. The molecule has 1 fully saturated rings. The summed E-state index contributed by atoms with van der Waals surface area (Å²) in [5, 5.41) is 2.25. The first-order chi connectivity index (χ1) is 14.9. The van der Waals surface area contributed by atoms with Gasteiger partial charge in [0, 0.05) is 24.7 Å². The number of likely N-dealkylation sites (tertiary alicyclic amines) is 1. The molecule has 1 aliphatic heterocycles. The van der Waals surface area contributed by atoms with Crippen molar-refractivity contribution in [3.8, 4) is 5.75 Å². The first kappa shape index (κ1) is 22.0. The largest absolute Gasteiger partial charge is 0.489 e. The van der Waals surface area contributed by atoms with Gasteiger partial charge in [0.25, 0.3) is 10.0 Å². The van der Waals surface area contributed by atoms with Gasteiger partial charge in [-0.2, -0.15) is 0 Å². The Kier molecular flexibility index (Phi) is 6.78. The Bertz CT molecular complexity index is 1100. The van der Waals surface area contributed by atoms with Crippen molar-refractivity contribution in [3.63, 3.8) is 0 Å². The Morgan fingerprint density at radius 1 is 1.19 bits per heavy atom. The van der Waals surface area contributed by atoms with E-state index in [0.717, 1.165) is 31.5 Å². The zero-order valence-electron chi connectivity index (χ0n) is 16.6. The Morgan fingerprint density at radius 2 is 1.94 bits per heavy atom. The number of hydrogen-bond acceptors (Lipinski definition) is 7. The lowest BCUT2D eigenvalue weighted by Gasteiger charge is -2.36. The minimum Gasteiger partial charge on any atom is -0.489 e. The number of nitrogens with two attached hydrogens (primary N) is 1. The third-order valence-electron chi connectivity index (χ3n) is 5.17. The number of ether oxygens (including phenoxy) is 1. The fraction of sp³-hybridized carbons (Fsp3) is 0.286. The summed E-state index contributed by atoms with van der Waals surface area (Å²) in [5.41, 5.74) is 7.49. The molecule has 0 bridgehead atoms. The number of rotatable bonds is 7. The average molecular weight is 479 g/mol. The van der Waals surface area contributed by atoms with E-state index in [4.69, 9.17) is 22.1 Å². The number of thiazole rings is 1. The molecule has 1 saturated heterocycles. The highest BCUT2D eigenvalue weighted by atomic mass is 35.5. The summed E-state index contributed by atoms with van der Waals surface area (Å²) in [6.07, 6.45) is 3.00. The van der Waals surface area contributed by atoms with Crippen LogP contribution in [0.3, 0.4) is 0 Å². The van der Waals surface area contributed by atoms with Crippen molar-refractivity contribution in [2.45, 2.75) is 30.0 Å². The van der Waals surface area contributed by atoms with E-state index in [0.29, 0.717) is 10.9 Å². The number of benzene rings is 2. The summed E-state index contributed by atoms with van der Waals surface area (Å²) < 4.78 is 33.5.